The van der Waals surface area contributed by atoms with Crippen molar-refractivity contribution < 1.29 is 9.26 Å². The minimum atomic E-state index is -0.0424. The van der Waals surface area contributed by atoms with Gasteiger partial charge < -0.3 is 14.6 Å². The standard InChI is InChI=1S/C11H19N3O2/c1-3-9(15-2)11-13-10(16-14-11)6-8-4-5-12-7-8/h8-9,12H,3-7H2,1-2H3. The van der Waals surface area contributed by atoms with Crippen LogP contribution in [-0.2, 0) is 11.2 Å². The summed E-state index contributed by atoms with van der Waals surface area (Å²) in [5.41, 5.74) is 0. The molecule has 0 bridgehead atoms. The van der Waals surface area contributed by atoms with E-state index in [0.717, 1.165) is 31.8 Å². The monoisotopic (exact) mass is 225 g/mol. The van der Waals surface area contributed by atoms with Gasteiger partial charge in [-0.3, -0.25) is 0 Å². The molecule has 1 aromatic rings. The molecule has 1 aromatic heterocycles. The van der Waals surface area contributed by atoms with Crippen molar-refractivity contribution in [3.63, 3.8) is 0 Å². The van der Waals surface area contributed by atoms with Crippen molar-refractivity contribution in [1.29, 1.82) is 0 Å². The molecule has 2 atom stereocenters. The van der Waals surface area contributed by atoms with Gasteiger partial charge in [0.25, 0.3) is 0 Å². The van der Waals surface area contributed by atoms with Crippen molar-refractivity contribution >= 4 is 0 Å². The third-order valence-electron chi connectivity index (χ3n) is 3.05. The van der Waals surface area contributed by atoms with Gasteiger partial charge in [-0.05, 0) is 31.8 Å². The molecule has 2 heterocycles. The Labute approximate surface area is 95.6 Å². The van der Waals surface area contributed by atoms with Crippen LogP contribution in [0.4, 0.5) is 0 Å². The first-order valence-electron chi connectivity index (χ1n) is 5.89. The zero-order valence-corrected chi connectivity index (χ0v) is 9.90. The minimum Gasteiger partial charge on any atom is -0.373 e. The van der Waals surface area contributed by atoms with Gasteiger partial charge in [0, 0.05) is 13.5 Å². The van der Waals surface area contributed by atoms with Gasteiger partial charge in [-0.1, -0.05) is 12.1 Å². The molecule has 0 saturated carbocycles. The van der Waals surface area contributed by atoms with Crippen molar-refractivity contribution in [2.75, 3.05) is 20.2 Å². The summed E-state index contributed by atoms with van der Waals surface area (Å²) in [4.78, 5) is 4.39. The lowest BCUT2D eigenvalue weighted by Crippen LogP contribution is -2.11. The fraction of sp³-hybridized carbons (Fsp3) is 0.818. The number of nitrogens with zero attached hydrogens (tertiary/aromatic N) is 2. The minimum absolute atomic E-state index is 0.0424. The first-order valence-corrected chi connectivity index (χ1v) is 5.89. The summed E-state index contributed by atoms with van der Waals surface area (Å²) in [6, 6.07) is 0. The first-order chi connectivity index (χ1) is 7.83. The van der Waals surface area contributed by atoms with Crippen LogP contribution in [0.25, 0.3) is 0 Å². The van der Waals surface area contributed by atoms with Crippen LogP contribution in [0.3, 0.4) is 0 Å². The average molecular weight is 225 g/mol. The number of ether oxygens (including phenoxy) is 1. The quantitative estimate of drug-likeness (QED) is 0.819. The number of nitrogens with one attached hydrogen (secondary N) is 1. The molecule has 2 rings (SSSR count). The summed E-state index contributed by atoms with van der Waals surface area (Å²) in [5, 5.41) is 7.30. The van der Waals surface area contributed by atoms with Crippen LogP contribution in [0, 0.1) is 5.92 Å². The van der Waals surface area contributed by atoms with Gasteiger partial charge in [0.05, 0.1) is 0 Å². The molecular weight excluding hydrogens is 206 g/mol. The summed E-state index contributed by atoms with van der Waals surface area (Å²) in [5.74, 6) is 2.04. The SMILES string of the molecule is CCC(OC)c1noc(CC2CCNC2)n1. The number of rotatable bonds is 5. The van der Waals surface area contributed by atoms with E-state index in [9.17, 15) is 0 Å². The molecule has 0 aromatic carbocycles. The Kier molecular flexibility index (Phi) is 3.90. The summed E-state index contributed by atoms with van der Waals surface area (Å²) in [6.45, 7) is 4.20. The number of aromatic nitrogens is 2. The zero-order chi connectivity index (χ0) is 11.4. The predicted octanol–water partition coefficient (Wildman–Crippen LogP) is 1.32. The fourth-order valence-electron chi connectivity index (χ4n) is 2.07. The molecule has 2 unspecified atom stereocenters. The largest absolute Gasteiger partial charge is 0.373 e. The van der Waals surface area contributed by atoms with Crippen LogP contribution in [-0.4, -0.2) is 30.3 Å². The van der Waals surface area contributed by atoms with Crippen LogP contribution >= 0.6 is 0 Å². The highest BCUT2D eigenvalue weighted by Gasteiger charge is 2.20. The van der Waals surface area contributed by atoms with Crippen molar-refractivity contribution in [2.24, 2.45) is 5.92 Å². The molecule has 1 N–H and O–H groups in total. The van der Waals surface area contributed by atoms with Gasteiger partial charge in [-0.2, -0.15) is 4.98 Å². The van der Waals surface area contributed by atoms with E-state index in [1.165, 1.54) is 6.42 Å². The van der Waals surface area contributed by atoms with Crippen LogP contribution in [0.15, 0.2) is 4.52 Å². The van der Waals surface area contributed by atoms with Crippen LogP contribution < -0.4 is 5.32 Å². The van der Waals surface area contributed by atoms with Gasteiger partial charge in [0.15, 0.2) is 0 Å². The second kappa shape index (κ2) is 5.41. The second-order valence-corrected chi connectivity index (χ2v) is 4.24. The summed E-state index contributed by atoms with van der Waals surface area (Å²) in [7, 11) is 1.67. The molecule has 0 aliphatic carbocycles. The van der Waals surface area contributed by atoms with Gasteiger partial charge in [0.2, 0.25) is 11.7 Å². The van der Waals surface area contributed by atoms with Crippen molar-refractivity contribution in [1.82, 2.24) is 15.5 Å². The van der Waals surface area contributed by atoms with E-state index in [1.54, 1.807) is 7.11 Å². The Morgan fingerprint density at radius 1 is 1.62 bits per heavy atom. The highest BCUT2D eigenvalue weighted by Crippen LogP contribution is 2.19. The van der Waals surface area contributed by atoms with E-state index in [0.29, 0.717) is 11.7 Å². The Hall–Kier alpha value is -0.940. The molecular formula is C11H19N3O2. The van der Waals surface area contributed by atoms with Crippen molar-refractivity contribution in [3.05, 3.63) is 11.7 Å². The van der Waals surface area contributed by atoms with Gasteiger partial charge in [-0.15, -0.1) is 0 Å². The molecule has 1 aliphatic rings. The highest BCUT2D eigenvalue weighted by molar-refractivity contribution is 4.93. The number of hydrogen-bond donors (Lipinski definition) is 1. The van der Waals surface area contributed by atoms with E-state index < -0.39 is 0 Å². The van der Waals surface area contributed by atoms with Crippen LogP contribution in [0.2, 0.25) is 0 Å². The van der Waals surface area contributed by atoms with Crippen molar-refractivity contribution in [2.45, 2.75) is 32.3 Å². The van der Waals surface area contributed by atoms with E-state index in [-0.39, 0.29) is 6.10 Å². The average Bonchev–Trinajstić information content (AvgIpc) is 2.93. The third kappa shape index (κ3) is 2.59. The zero-order valence-electron chi connectivity index (χ0n) is 9.90. The lowest BCUT2D eigenvalue weighted by Gasteiger charge is -2.06. The predicted molar refractivity (Wildman–Crippen MR) is 59.0 cm³/mol. The summed E-state index contributed by atoms with van der Waals surface area (Å²) >= 11 is 0. The summed E-state index contributed by atoms with van der Waals surface area (Å²) < 4.78 is 10.5. The van der Waals surface area contributed by atoms with Gasteiger partial charge in [-0.25, -0.2) is 0 Å². The third-order valence-corrected chi connectivity index (χ3v) is 3.05. The molecule has 5 heteroatoms. The first kappa shape index (κ1) is 11.5. The van der Waals surface area contributed by atoms with E-state index in [1.807, 2.05) is 6.92 Å². The number of hydrogen-bond acceptors (Lipinski definition) is 5. The Morgan fingerprint density at radius 2 is 2.50 bits per heavy atom. The smallest absolute Gasteiger partial charge is 0.227 e. The Bertz CT molecular complexity index is 317. The van der Waals surface area contributed by atoms with Gasteiger partial charge in [0.1, 0.15) is 6.10 Å². The van der Waals surface area contributed by atoms with Gasteiger partial charge >= 0.3 is 0 Å². The molecule has 1 fully saturated rings. The molecule has 16 heavy (non-hydrogen) atoms. The molecule has 1 aliphatic heterocycles. The topological polar surface area (TPSA) is 60.2 Å². The second-order valence-electron chi connectivity index (χ2n) is 4.24. The molecule has 0 amide bonds. The fourth-order valence-corrected chi connectivity index (χ4v) is 2.07. The number of methoxy groups -OCH3 is 1. The van der Waals surface area contributed by atoms with Crippen LogP contribution in [0.1, 0.15) is 37.6 Å². The molecule has 0 radical (unpaired) electrons. The summed E-state index contributed by atoms with van der Waals surface area (Å²) in [6.07, 6.45) is 2.89. The van der Waals surface area contributed by atoms with E-state index >= 15 is 0 Å². The maximum absolute atomic E-state index is 5.27. The lowest BCUT2D eigenvalue weighted by molar-refractivity contribution is 0.0903. The lowest BCUT2D eigenvalue weighted by atomic mass is 10.1. The van der Waals surface area contributed by atoms with Crippen molar-refractivity contribution in [3.8, 4) is 0 Å². The van der Waals surface area contributed by atoms with E-state index in [4.69, 9.17) is 9.26 Å². The molecule has 5 nitrogen and oxygen atoms in total. The Balaban J connectivity index is 1.95. The van der Waals surface area contributed by atoms with Crippen LogP contribution in [0.5, 0.6) is 0 Å². The molecule has 1 saturated heterocycles. The Morgan fingerprint density at radius 3 is 3.12 bits per heavy atom. The molecule has 90 valence electrons. The van der Waals surface area contributed by atoms with E-state index in [2.05, 4.69) is 15.5 Å². The maximum atomic E-state index is 5.27. The normalized spacial score (nSPS) is 22.5. The molecule has 0 spiro atoms. The highest BCUT2D eigenvalue weighted by atomic mass is 16.5. The maximum Gasteiger partial charge on any atom is 0.227 e.